The molecule has 5 aromatic carbocycles. The molecule has 7 nitrogen and oxygen atoms in total. The fraction of sp³-hybridized carbons (Fsp3) is 0.0364. The summed E-state index contributed by atoms with van der Waals surface area (Å²) in [5.41, 5.74) is 13.4. The lowest BCUT2D eigenvalue weighted by Gasteiger charge is -2.12. The first-order valence-corrected chi connectivity index (χ1v) is 22.0. The average Bonchev–Trinajstić information content (AvgIpc) is 4.01. The number of thiophene rings is 1. The van der Waals surface area contributed by atoms with Gasteiger partial charge in [-0.1, -0.05) is 54.6 Å². The molecule has 0 unspecified atom stereocenters. The molecule has 13 rings (SSSR count). The van der Waals surface area contributed by atoms with Gasteiger partial charge in [-0.2, -0.15) is 0 Å². The van der Waals surface area contributed by atoms with Crippen molar-refractivity contribution in [2.75, 3.05) is 0 Å². The second-order valence-electron chi connectivity index (χ2n) is 16.0. The lowest BCUT2D eigenvalue weighted by atomic mass is 9.93. The number of hydrogen-bond acceptors (Lipinski definition) is 6. The van der Waals surface area contributed by atoms with Gasteiger partial charge in [-0.3, -0.25) is 24.1 Å². The molecular weight excluding hydrogens is 791 g/mol. The normalized spacial score (nSPS) is 13.0. The Hall–Kier alpha value is -8.07. The van der Waals surface area contributed by atoms with Gasteiger partial charge in [0.15, 0.2) is 0 Å². The van der Waals surface area contributed by atoms with Crippen LogP contribution < -0.4 is 0 Å². The molecule has 0 saturated carbocycles. The van der Waals surface area contributed by atoms with Crippen LogP contribution in [0.3, 0.4) is 0 Å². The molecule has 12 aromatic rings. The number of nitrogens with zero attached hydrogens (tertiary/aromatic N) is 7. The highest BCUT2D eigenvalue weighted by Gasteiger charge is 2.20. The van der Waals surface area contributed by atoms with E-state index in [1.807, 2.05) is 72.9 Å². The molecule has 7 aromatic heterocycles. The number of aromatic nitrogens is 6. The van der Waals surface area contributed by atoms with E-state index in [0.717, 1.165) is 107 Å². The zero-order valence-electron chi connectivity index (χ0n) is 33.9. The van der Waals surface area contributed by atoms with Crippen LogP contribution in [0.1, 0.15) is 12.8 Å². The summed E-state index contributed by atoms with van der Waals surface area (Å²) in [7, 11) is 0. The third kappa shape index (κ3) is 5.69. The number of rotatable bonds is 6. The molecule has 0 atom stereocenters. The van der Waals surface area contributed by atoms with Crippen molar-refractivity contribution in [2.24, 2.45) is 4.99 Å². The number of aliphatic imine (C=N–C) groups is 1. The third-order valence-corrected chi connectivity index (χ3v) is 13.7. The van der Waals surface area contributed by atoms with Gasteiger partial charge in [-0.25, -0.2) is 9.98 Å². The van der Waals surface area contributed by atoms with Crippen molar-refractivity contribution in [1.82, 2.24) is 29.1 Å². The minimum atomic E-state index is 0.879. The van der Waals surface area contributed by atoms with Crippen LogP contribution >= 0.6 is 11.3 Å². The molecule has 0 N–H and O–H groups in total. The zero-order valence-corrected chi connectivity index (χ0v) is 34.7. The van der Waals surface area contributed by atoms with Crippen molar-refractivity contribution >= 4 is 87.2 Å². The molecule has 0 spiro atoms. The predicted molar refractivity (Wildman–Crippen MR) is 262 cm³/mol. The second-order valence-corrected chi connectivity index (χ2v) is 17.1. The molecule has 8 heterocycles. The summed E-state index contributed by atoms with van der Waals surface area (Å²) >= 11 is 1.86. The first kappa shape index (κ1) is 35.7. The van der Waals surface area contributed by atoms with Gasteiger partial charge in [0.1, 0.15) is 11.6 Å². The first-order chi connectivity index (χ1) is 31.2. The van der Waals surface area contributed by atoms with Crippen molar-refractivity contribution < 1.29 is 0 Å². The van der Waals surface area contributed by atoms with Crippen molar-refractivity contribution in [3.8, 4) is 50.5 Å². The monoisotopic (exact) mass is 825 g/mol. The van der Waals surface area contributed by atoms with Gasteiger partial charge in [-0.15, -0.1) is 11.3 Å². The number of benzene rings is 5. The van der Waals surface area contributed by atoms with Crippen LogP contribution in [0.2, 0.25) is 0 Å². The summed E-state index contributed by atoms with van der Waals surface area (Å²) in [6.07, 6.45) is 17.6. The summed E-state index contributed by atoms with van der Waals surface area (Å²) in [6.45, 7) is 0. The Balaban J connectivity index is 1.06. The van der Waals surface area contributed by atoms with E-state index in [1.54, 1.807) is 0 Å². The van der Waals surface area contributed by atoms with Crippen LogP contribution in [-0.2, 0) is 0 Å². The zero-order chi connectivity index (χ0) is 41.4. The Kier molecular flexibility index (Phi) is 8.07. The van der Waals surface area contributed by atoms with Crippen LogP contribution in [0.5, 0.6) is 0 Å². The molecular formula is C55H35N7S. The molecule has 1 aliphatic rings. The molecule has 0 saturated heterocycles. The largest absolute Gasteiger partial charge is 0.294 e. The lowest BCUT2D eigenvalue weighted by molar-refractivity contribution is 1.04. The number of pyridine rings is 4. The van der Waals surface area contributed by atoms with Crippen molar-refractivity contribution in [3.63, 3.8) is 0 Å². The maximum atomic E-state index is 4.84. The summed E-state index contributed by atoms with van der Waals surface area (Å²) in [4.78, 5) is 23.5. The SMILES string of the molecule is C1=NC(n2c3ccncc3c3cc(-c4cc(-c5ccc6c(c5)c5cnccc5n6-c5ccccn5)cc5c4sc4ccc(-c6ccccc6-c6ccccn6)cc45)ccc32)=CCC1. The standard InChI is InChI=1S/C55H35N7S/c1-2-10-39(47-11-3-6-22-58-47)38(9-1)35-16-19-52-43(29-35)44-31-37(34-14-17-48-41(27-34)45-32-56-25-20-50(45)61(48)53-12-4-7-23-59-53)30-40(55(44)63-52)36-15-18-49-42(28-36)46-33-57-26-21-51(46)62(49)54-13-5-8-24-60-54/h1-4,6-7,9-33H,5,8H2. The van der Waals surface area contributed by atoms with E-state index in [9.17, 15) is 0 Å². The van der Waals surface area contributed by atoms with Gasteiger partial charge in [-0.05, 0) is 132 Å². The minimum Gasteiger partial charge on any atom is -0.294 e. The van der Waals surface area contributed by atoms with Crippen molar-refractivity contribution in [3.05, 3.63) is 183 Å². The smallest absolute Gasteiger partial charge is 0.137 e. The van der Waals surface area contributed by atoms with E-state index in [-0.39, 0.29) is 0 Å². The van der Waals surface area contributed by atoms with Crippen LogP contribution in [0.25, 0.3) is 120 Å². The quantitative estimate of drug-likeness (QED) is 0.167. The summed E-state index contributed by atoms with van der Waals surface area (Å²) < 4.78 is 7.01. The van der Waals surface area contributed by atoms with E-state index in [1.165, 1.54) is 25.7 Å². The molecule has 0 amide bonds. The van der Waals surface area contributed by atoms with Crippen LogP contribution in [-0.4, -0.2) is 35.3 Å². The van der Waals surface area contributed by atoms with Gasteiger partial charge in [0.2, 0.25) is 0 Å². The molecule has 0 bridgehead atoms. The highest BCUT2D eigenvalue weighted by atomic mass is 32.1. The van der Waals surface area contributed by atoms with Gasteiger partial charge in [0.25, 0.3) is 0 Å². The minimum absolute atomic E-state index is 0.879. The molecule has 63 heavy (non-hydrogen) atoms. The predicted octanol–water partition coefficient (Wildman–Crippen LogP) is 14.2. The highest BCUT2D eigenvalue weighted by molar-refractivity contribution is 7.26. The van der Waals surface area contributed by atoms with Gasteiger partial charge in [0, 0.05) is 96.2 Å². The van der Waals surface area contributed by atoms with Gasteiger partial charge >= 0.3 is 0 Å². The lowest BCUT2D eigenvalue weighted by Crippen LogP contribution is -1.98. The number of hydrogen-bond donors (Lipinski definition) is 0. The average molecular weight is 826 g/mol. The first-order valence-electron chi connectivity index (χ1n) is 21.2. The second kappa shape index (κ2) is 14.3. The van der Waals surface area contributed by atoms with E-state index >= 15 is 0 Å². The van der Waals surface area contributed by atoms with Gasteiger partial charge < -0.3 is 0 Å². The summed E-state index contributed by atoms with van der Waals surface area (Å²) in [5.74, 6) is 1.84. The van der Waals surface area contributed by atoms with E-state index in [4.69, 9.17) is 15.0 Å². The Morgan fingerprint density at radius 3 is 1.86 bits per heavy atom. The maximum absolute atomic E-state index is 4.84. The Bertz CT molecular complexity index is 3860. The van der Waals surface area contributed by atoms with E-state index < -0.39 is 0 Å². The fourth-order valence-electron chi connectivity index (χ4n) is 9.61. The Morgan fingerprint density at radius 2 is 1.10 bits per heavy atom. The number of fused-ring (bicyclic) bond motifs is 9. The summed E-state index contributed by atoms with van der Waals surface area (Å²) in [5, 5.41) is 6.94. The molecule has 0 radical (unpaired) electrons. The van der Waals surface area contributed by atoms with Gasteiger partial charge in [0.05, 0.1) is 27.8 Å². The molecule has 296 valence electrons. The molecule has 8 heteroatoms. The molecule has 1 aliphatic heterocycles. The van der Waals surface area contributed by atoms with Crippen LogP contribution in [0.4, 0.5) is 0 Å². The third-order valence-electron chi connectivity index (χ3n) is 12.5. The highest BCUT2D eigenvalue weighted by Crippen LogP contribution is 2.46. The molecule has 0 aliphatic carbocycles. The summed E-state index contributed by atoms with van der Waals surface area (Å²) in [6, 6.07) is 50.3. The van der Waals surface area contributed by atoms with E-state index in [0.29, 0.717) is 0 Å². The van der Waals surface area contributed by atoms with Crippen LogP contribution in [0.15, 0.2) is 188 Å². The maximum Gasteiger partial charge on any atom is 0.137 e. The Morgan fingerprint density at radius 1 is 0.444 bits per heavy atom. The van der Waals surface area contributed by atoms with Crippen molar-refractivity contribution in [1.29, 1.82) is 0 Å². The fourth-order valence-corrected chi connectivity index (χ4v) is 10.8. The number of allylic oxidation sites excluding steroid dienone is 1. The topological polar surface area (TPSA) is 73.8 Å². The molecule has 0 fully saturated rings. The van der Waals surface area contributed by atoms with E-state index in [2.05, 4.69) is 147 Å². The van der Waals surface area contributed by atoms with Crippen LogP contribution in [0, 0.1) is 0 Å². The Labute approximate surface area is 365 Å². The van der Waals surface area contributed by atoms with Crippen molar-refractivity contribution in [2.45, 2.75) is 12.8 Å².